The molecular weight excluding hydrogens is 358 g/mol. The van der Waals surface area contributed by atoms with Crippen molar-refractivity contribution >= 4 is 15.9 Å². The van der Waals surface area contributed by atoms with Gasteiger partial charge >= 0.3 is 5.69 Å². The molecule has 0 saturated carbocycles. The van der Waals surface area contributed by atoms with Crippen LogP contribution in [0.5, 0.6) is 5.75 Å². The molecule has 0 atom stereocenters. The van der Waals surface area contributed by atoms with E-state index in [2.05, 4.69) is 20.9 Å². The third-order valence-electron chi connectivity index (χ3n) is 3.79. The summed E-state index contributed by atoms with van der Waals surface area (Å²) in [5.41, 5.74) is 4.07. The van der Waals surface area contributed by atoms with Crippen molar-refractivity contribution in [3.63, 3.8) is 0 Å². The van der Waals surface area contributed by atoms with Gasteiger partial charge in [0, 0.05) is 30.7 Å². The molecule has 0 amide bonds. The average Bonchev–Trinajstić information content (AvgIpc) is 2.83. The van der Waals surface area contributed by atoms with Gasteiger partial charge in [0.15, 0.2) is 5.75 Å². The van der Waals surface area contributed by atoms with Gasteiger partial charge in [-0.05, 0) is 59.1 Å². The first-order valence-corrected chi connectivity index (χ1v) is 7.89. The maximum absolute atomic E-state index is 12.1. The zero-order valence-electron chi connectivity index (χ0n) is 13.0. The molecule has 0 aliphatic heterocycles. The number of hydrogen-bond acceptors (Lipinski definition) is 3. The minimum atomic E-state index is -0.0915. The second-order valence-corrected chi connectivity index (χ2v) is 6.26. The number of hydrogen-bond donors (Lipinski definition) is 1. The lowest BCUT2D eigenvalue weighted by Crippen LogP contribution is -2.20. The summed E-state index contributed by atoms with van der Waals surface area (Å²) in [7, 11) is 1.72. The average molecular weight is 374 g/mol. The summed E-state index contributed by atoms with van der Waals surface area (Å²) in [6.07, 6.45) is 3.47. The van der Waals surface area contributed by atoms with Crippen molar-refractivity contribution in [3.8, 4) is 22.6 Å². The highest BCUT2D eigenvalue weighted by Gasteiger charge is 2.12. The normalized spacial score (nSPS) is 11.0. The van der Waals surface area contributed by atoms with E-state index >= 15 is 0 Å². The van der Waals surface area contributed by atoms with Crippen molar-refractivity contribution in [2.75, 3.05) is 0 Å². The number of rotatable bonds is 2. The highest BCUT2D eigenvalue weighted by Crippen LogP contribution is 2.35. The largest absolute Gasteiger partial charge is 0.505 e. The predicted octanol–water partition coefficient (Wildman–Crippen LogP) is 3.32. The Hall–Kier alpha value is -2.34. The fourth-order valence-corrected chi connectivity index (χ4v) is 3.08. The Morgan fingerprint density at radius 2 is 1.91 bits per heavy atom. The van der Waals surface area contributed by atoms with Gasteiger partial charge in [0.2, 0.25) is 0 Å². The van der Waals surface area contributed by atoms with E-state index in [9.17, 15) is 9.90 Å². The summed E-state index contributed by atoms with van der Waals surface area (Å²) in [4.78, 5) is 16.3. The molecule has 0 unspecified atom stereocenters. The maximum Gasteiger partial charge on any atom is 0.332 e. The molecule has 1 N–H and O–H groups in total. The molecule has 3 rings (SSSR count). The number of aryl methyl sites for hydroxylation is 3. The fraction of sp³-hybridized carbons (Fsp3) is 0.176. The van der Waals surface area contributed by atoms with Gasteiger partial charge in [-0.1, -0.05) is 6.07 Å². The van der Waals surface area contributed by atoms with E-state index in [-0.39, 0.29) is 11.4 Å². The minimum Gasteiger partial charge on any atom is -0.505 e. The summed E-state index contributed by atoms with van der Waals surface area (Å²) in [6.45, 7) is 3.82. The molecule has 2 heterocycles. The fourth-order valence-electron chi connectivity index (χ4n) is 2.59. The summed E-state index contributed by atoms with van der Waals surface area (Å²) in [6, 6.07) is 7.57. The lowest BCUT2D eigenvalue weighted by atomic mass is 10.0. The van der Waals surface area contributed by atoms with E-state index in [0.29, 0.717) is 10.2 Å². The Balaban J connectivity index is 2.14. The Morgan fingerprint density at radius 1 is 1.17 bits per heavy atom. The van der Waals surface area contributed by atoms with Crippen LogP contribution in [-0.4, -0.2) is 19.2 Å². The van der Waals surface area contributed by atoms with Crippen molar-refractivity contribution in [2.24, 2.45) is 7.05 Å². The van der Waals surface area contributed by atoms with Crippen LogP contribution >= 0.6 is 15.9 Å². The minimum absolute atomic E-state index is 0.0915. The number of aromatic hydroxyl groups is 1. The molecule has 0 saturated heterocycles. The summed E-state index contributed by atoms with van der Waals surface area (Å²) >= 11 is 3.27. The van der Waals surface area contributed by atoms with Crippen LogP contribution in [0.15, 0.2) is 46.1 Å². The summed E-state index contributed by atoms with van der Waals surface area (Å²) in [5, 5.41) is 10.2. The molecule has 5 nitrogen and oxygen atoms in total. The van der Waals surface area contributed by atoms with Crippen LogP contribution in [-0.2, 0) is 7.05 Å². The molecule has 0 bridgehead atoms. The van der Waals surface area contributed by atoms with Crippen LogP contribution in [0, 0.1) is 13.8 Å². The first kappa shape index (κ1) is 15.6. The Kier molecular flexibility index (Phi) is 3.85. The highest BCUT2D eigenvalue weighted by molar-refractivity contribution is 9.10. The van der Waals surface area contributed by atoms with Gasteiger partial charge in [-0.2, -0.15) is 0 Å². The van der Waals surface area contributed by atoms with E-state index < -0.39 is 0 Å². The molecule has 0 fully saturated rings. The molecule has 2 aromatic heterocycles. The number of imidazole rings is 1. The quantitative estimate of drug-likeness (QED) is 0.700. The first-order valence-electron chi connectivity index (χ1n) is 7.10. The zero-order chi connectivity index (χ0) is 16.7. The molecule has 118 valence electrons. The summed E-state index contributed by atoms with van der Waals surface area (Å²) in [5.74, 6) is 0.111. The zero-order valence-corrected chi connectivity index (χ0v) is 14.6. The van der Waals surface area contributed by atoms with E-state index in [4.69, 9.17) is 0 Å². The van der Waals surface area contributed by atoms with Crippen LogP contribution in [0.3, 0.4) is 0 Å². The van der Waals surface area contributed by atoms with Gasteiger partial charge in [-0.3, -0.25) is 4.57 Å². The van der Waals surface area contributed by atoms with Crippen LogP contribution in [0.2, 0.25) is 0 Å². The molecule has 23 heavy (non-hydrogen) atoms. The number of benzene rings is 1. The molecule has 1 aromatic carbocycles. The third-order valence-corrected chi connectivity index (χ3v) is 4.35. The lowest BCUT2D eigenvalue weighted by molar-refractivity contribution is 0.470. The summed E-state index contributed by atoms with van der Waals surface area (Å²) < 4.78 is 3.56. The Bertz CT molecular complexity index is 957. The third kappa shape index (κ3) is 2.70. The van der Waals surface area contributed by atoms with Gasteiger partial charge in [0.05, 0.1) is 5.69 Å². The molecular formula is C17H16BrN3O2. The van der Waals surface area contributed by atoms with Crippen molar-refractivity contribution < 1.29 is 5.11 Å². The van der Waals surface area contributed by atoms with Crippen LogP contribution < -0.4 is 5.69 Å². The van der Waals surface area contributed by atoms with E-state index in [1.807, 2.05) is 38.1 Å². The van der Waals surface area contributed by atoms with E-state index in [1.54, 1.807) is 24.0 Å². The maximum atomic E-state index is 12.1. The lowest BCUT2D eigenvalue weighted by Gasteiger charge is -2.11. The van der Waals surface area contributed by atoms with Gasteiger partial charge in [-0.25, -0.2) is 9.78 Å². The topological polar surface area (TPSA) is 60.0 Å². The van der Waals surface area contributed by atoms with Crippen molar-refractivity contribution in [3.05, 3.63) is 63.0 Å². The van der Waals surface area contributed by atoms with Gasteiger partial charge < -0.3 is 9.67 Å². The van der Waals surface area contributed by atoms with E-state index in [1.165, 1.54) is 4.57 Å². The standard InChI is InChI=1S/C17H16BrN3O2/c1-10-8-12(13-9-11(2)19-16(18)15(13)22)4-5-14(10)21-7-6-20(3)17(21)23/h4-9,22H,1-3H3. The molecule has 3 aromatic rings. The van der Waals surface area contributed by atoms with Crippen LogP contribution in [0.25, 0.3) is 16.8 Å². The number of halogens is 1. The molecule has 0 aliphatic rings. The van der Waals surface area contributed by atoms with Crippen LogP contribution in [0.4, 0.5) is 0 Å². The van der Waals surface area contributed by atoms with Crippen molar-refractivity contribution in [1.29, 1.82) is 0 Å². The molecule has 0 spiro atoms. The number of aromatic nitrogens is 3. The molecule has 0 radical (unpaired) electrons. The van der Waals surface area contributed by atoms with Crippen molar-refractivity contribution in [2.45, 2.75) is 13.8 Å². The Morgan fingerprint density at radius 3 is 2.52 bits per heavy atom. The smallest absolute Gasteiger partial charge is 0.332 e. The van der Waals surface area contributed by atoms with E-state index in [0.717, 1.165) is 22.5 Å². The molecule has 0 aliphatic carbocycles. The second-order valence-electron chi connectivity index (χ2n) is 5.51. The number of pyridine rings is 1. The SMILES string of the molecule is Cc1cc(-c2ccc(-n3ccn(C)c3=O)c(C)c2)c(O)c(Br)n1. The predicted molar refractivity (Wildman–Crippen MR) is 93.1 cm³/mol. The number of nitrogens with zero attached hydrogens (tertiary/aromatic N) is 3. The van der Waals surface area contributed by atoms with Crippen LogP contribution in [0.1, 0.15) is 11.3 Å². The second kappa shape index (κ2) is 5.70. The van der Waals surface area contributed by atoms with Gasteiger partial charge in [0.1, 0.15) is 4.60 Å². The molecule has 6 heteroatoms. The Labute approximate surface area is 142 Å². The first-order chi connectivity index (χ1) is 10.9. The van der Waals surface area contributed by atoms with Gasteiger partial charge in [-0.15, -0.1) is 0 Å². The van der Waals surface area contributed by atoms with Crippen molar-refractivity contribution in [1.82, 2.24) is 14.1 Å². The monoisotopic (exact) mass is 373 g/mol. The van der Waals surface area contributed by atoms with Gasteiger partial charge in [0.25, 0.3) is 0 Å². The highest BCUT2D eigenvalue weighted by atomic mass is 79.9.